The van der Waals surface area contributed by atoms with Crippen LogP contribution < -0.4 is 5.73 Å². The van der Waals surface area contributed by atoms with Crippen LogP contribution in [0.4, 0.5) is 0 Å². The summed E-state index contributed by atoms with van der Waals surface area (Å²) in [6, 6.07) is 0. The summed E-state index contributed by atoms with van der Waals surface area (Å²) in [5, 5.41) is 0. The number of amides is 1. The zero-order chi connectivity index (χ0) is 15.0. The SMILES string of the molecule is CC/C(=C/CC(=NC)C(C)C)C(C)C(C)CC(N)=O. The molecule has 0 heterocycles. The second-order valence-corrected chi connectivity index (χ2v) is 5.64. The Morgan fingerprint density at radius 3 is 2.21 bits per heavy atom. The van der Waals surface area contributed by atoms with Crippen LogP contribution in [0.15, 0.2) is 16.6 Å². The molecular weight excluding hydrogens is 236 g/mol. The van der Waals surface area contributed by atoms with E-state index in [-0.39, 0.29) is 5.91 Å². The highest BCUT2D eigenvalue weighted by atomic mass is 16.1. The van der Waals surface area contributed by atoms with Crippen LogP contribution in [0, 0.1) is 17.8 Å². The van der Waals surface area contributed by atoms with Crippen molar-refractivity contribution in [1.29, 1.82) is 0 Å². The Kier molecular flexibility index (Phi) is 8.37. The first-order valence-electron chi connectivity index (χ1n) is 7.26. The molecule has 2 N–H and O–H groups in total. The number of rotatable bonds is 8. The minimum absolute atomic E-state index is 0.215. The van der Waals surface area contributed by atoms with Crippen molar-refractivity contribution in [2.75, 3.05) is 7.05 Å². The molecule has 0 aromatic heterocycles. The summed E-state index contributed by atoms with van der Waals surface area (Å²) in [6.45, 7) is 10.8. The van der Waals surface area contributed by atoms with Gasteiger partial charge in [0, 0.05) is 25.6 Å². The number of nitrogens with zero attached hydrogens (tertiary/aromatic N) is 1. The van der Waals surface area contributed by atoms with Gasteiger partial charge in [0.1, 0.15) is 0 Å². The summed E-state index contributed by atoms with van der Waals surface area (Å²) in [7, 11) is 1.86. The molecule has 0 aliphatic carbocycles. The molecular formula is C16H30N2O. The molecule has 0 saturated carbocycles. The number of primary amides is 1. The van der Waals surface area contributed by atoms with Crippen molar-refractivity contribution >= 4 is 11.6 Å². The number of hydrogen-bond donors (Lipinski definition) is 1. The summed E-state index contributed by atoms with van der Waals surface area (Å²) < 4.78 is 0. The van der Waals surface area contributed by atoms with Crippen molar-refractivity contribution in [1.82, 2.24) is 0 Å². The van der Waals surface area contributed by atoms with E-state index in [0.717, 1.165) is 12.8 Å². The molecule has 19 heavy (non-hydrogen) atoms. The van der Waals surface area contributed by atoms with Crippen LogP contribution in [0.1, 0.15) is 53.9 Å². The van der Waals surface area contributed by atoms with Gasteiger partial charge in [-0.05, 0) is 24.2 Å². The molecule has 0 aliphatic heterocycles. The van der Waals surface area contributed by atoms with Gasteiger partial charge in [-0.15, -0.1) is 0 Å². The molecule has 110 valence electrons. The highest BCUT2D eigenvalue weighted by Gasteiger charge is 2.17. The quantitative estimate of drug-likeness (QED) is 0.530. The van der Waals surface area contributed by atoms with Gasteiger partial charge in [0.25, 0.3) is 0 Å². The van der Waals surface area contributed by atoms with Crippen LogP contribution in [0.3, 0.4) is 0 Å². The Morgan fingerprint density at radius 1 is 1.26 bits per heavy atom. The lowest BCUT2D eigenvalue weighted by atomic mass is 9.84. The third-order valence-corrected chi connectivity index (χ3v) is 3.90. The maximum absolute atomic E-state index is 11.0. The number of carbonyl (C=O) groups excluding carboxylic acids is 1. The minimum Gasteiger partial charge on any atom is -0.370 e. The molecule has 3 heteroatoms. The molecule has 1 amide bonds. The third kappa shape index (κ3) is 6.55. The molecule has 0 radical (unpaired) electrons. The minimum atomic E-state index is -0.215. The number of allylic oxidation sites excluding steroid dienone is 2. The molecule has 2 atom stereocenters. The van der Waals surface area contributed by atoms with E-state index in [9.17, 15) is 4.79 Å². The third-order valence-electron chi connectivity index (χ3n) is 3.90. The number of nitrogens with two attached hydrogens (primary N) is 1. The van der Waals surface area contributed by atoms with Crippen molar-refractivity contribution in [3.05, 3.63) is 11.6 Å². The Morgan fingerprint density at radius 2 is 1.84 bits per heavy atom. The average molecular weight is 266 g/mol. The van der Waals surface area contributed by atoms with Gasteiger partial charge in [0.15, 0.2) is 0 Å². The lowest BCUT2D eigenvalue weighted by Gasteiger charge is -2.22. The highest BCUT2D eigenvalue weighted by Crippen LogP contribution is 2.25. The van der Waals surface area contributed by atoms with Crippen LogP contribution in [-0.4, -0.2) is 18.7 Å². The van der Waals surface area contributed by atoms with Crippen LogP contribution in [0.2, 0.25) is 0 Å². The van der Waals surface area contributed by atoms with Crippen molar-refractivity contribution in [3.63, 3.8) is 0 Å². The summed E-state index contributed by atoms with van der Waals surface area (Å²) in [4.78, 5) is 15.4. The fraction of sp³-hybridized carbons (Fsp3) is 0.750. The van der Waals surface area contributed by atoms with Gasteiger partial charge in [0.2, 0.25) is 5.91 Å². The van der Waals surface area contributed by atoms with E-state index in [1.165, 1.54) is 11.3 Å². The van der Waals surface area contributed by atoms with Crippen molar-refractivity contribution in [2.45, 2.75) is 53.9 Å². The van der Waals surface area contributed by atoms with Crippen LogP contribution in [0.5, 0.6) is 0 Å². The van der Waals surface area contributed by atoms with Gasteiger partial charge < -0.3 is 5.73 Å². The topological polar surface area (TPSA) is 55.4 Å². The molecule has 2 unspecified atom stereocenters. The predicted molar refractivity (Wildman–Crippen MR) is 83.3 cm³/mol. The number of aliphatic imine (C=N–C) groups is 1. The van der Waals surface area contributed by atoms with Crippen molar-refractivity contribution in [2.24, 2.45) is 28.5 Å². The molecule has 0 fully saturated rings. The molecule has 0 aromatic rings. The first-order chi connectivity index (χ1) is 8.83. The van der Waals surface area contributed by atoms with E-state index < -0.39 is 0 Å². The zero-order valence-electron chi connectivity index (χ0n) is 13.4. The summed E-state index contributed by atoms with van der Waals surface area (Å²) in [5.41, 5.74) is 7.90. The van der Waals surface area contributed by atoms with E-state index in [2.05, 4.69) is 45.7 Å². The van der Waals surface area contributed by atoms with E-state index in [0.29, 0.717) is 24.2 Å². The maximum Gasteiger partial charge on any atom is 0.217 e. The lowest BCUT2D eigenvalue weighted by molar-refractivity contribution is -0.119. The van der Waals surface area contributed by atoms with Crippen LogP contribution >= 0.6 is 0 Å². The number of carbonyl (C=O) groups is 1. The smallest absolute Gasteiger partial charge is 0.217 e. The van der Waals surface area contributed by atoms with Gasteiger partial charge in [-0.1, -0.05) is 46.3 Å². The van der Waals surface area contributed by atoms with E-state index in [1.54, 1.807) is 0 Å². The normalized spacial score (nSPS) is 16.6. The van der Waals surface area contributed by atoms with Gasteiger partial charge >= 0.3 is 0 Å². The van der Waals surface area contributed by atoms with E-state index >= 15 is 0 Å². The molecule has 0 saturated heterocycles. The Bertz CT molecular complexity index is 343. The summed E-state index contributed by atoms with van der Waals surface area (Å²) >= 11 is 0. The van der Waals surface area contributed by atoms with E-state index in [1.807, 2.05) is 7.05 Å². The largest absolute Gasteiger partial charge is 0.370 e. The first kappa shape index (κ1) is 17.9. The molecule has 3 nitrogen and oxygen atoms in total. The van der Waals surface area contributed by atoms with Gasteiger partial charge in [-0.3, -0.25) is 9.79 Å². The fourth-order valence-corrected chi connectivity index (χ4v) is 2.33. The standard InChI is InChI=1S/C16H30N2O/c1-7-14(8-9-15(18-6)11(2)3)13(5)12(4)10-16(17)19/h8,11-13H,7,9-10H2,1-6H3,(H2,17,19)/b14-8-,18-15?. The second kappa shape index (κ2) is 8.89. The van der Waals surface area contributed by atoms with Crippen LogP contribution in [-0.2, 0) is 4.79 Å². The van der Waals surface area contributed by atoms with Crippen LogP contribution in [0.25, 0.3) is 0 Å². The first-order valence-corrected chi connectivity index (χ1v) is 7.26. The van der Waals surface area contributed by atoms with E-state index in [4.69, 9.17) is 5.73 Å². The van der Waals surface area contributed by atoms with Gasteiger partial charge in [-0.25, -0.2) is 0 Å². The van der Waals surface area contributed by atoms with Gasteiger partial charge in [0.05, 0.1) is 0 Å². The average Bonchev–Trinajstić information content (AvgIpc) is 2.32. The Hall–Kier alpha value is -1.12. The van der Waals surface area contributed by atoms with Crippen molar-refractivity contribution < 1.29 is 4.79 Å². The monoisotopic (exact) mass is 266 g/mol. The Balaban J connectivity index is 4.76. The number of hydrogen-bond acceptors (Lipinski definition) is 2. The molecule has 0 aliphatic rings. The summed E-state index contributed by atoms with van der Waals surface area (Å²) in [6.07, 6.45) is 4.66. The molecule has 0 rings (SSSR count). The predicted octanol–water partition coefficient (Wildman–Crippen LogP) is 3.59. The maximum atomic E-state index is 11.0. The fourth-order valence-electron chi connectivity index (χ4n) is 2.33. The summed E-state index contributed by atoms with van der Waals surface area (Å²) in [5.74, 6) is 0.957. The highest BCUT2D eigenvalue weighted by molar-refractivity contribution is 5.87. The molecule has 0 bridgehead atoms. The molecule has 0 aromatic carbocycles. The molecule has 0 spiro atoms. The lowest BCUT2D eigenvalue weighted by Crippen LogP contribution is -2.20. The second-order valence-electron chi connectivity index (χ2n) is 5.64. The Labute approximate surface area is 118 Å². The van der Waals surface area contributed by atoms with Gasteiger partial charge in [-0.2, -0.15) is 0 Å². The van der Waals surface area contributed by atoms with Crippen molar-refractivity contribution in [3.8, 4) is 0 Å². The zero-order valence-corrected chi connectivity index (χ0v) is 13.4.